The predicted molar refractivity (Wildman–Crippen MR) is 179 cm³/mol. The largest absolute Gasteiger partial charge is 0.487 e. The third kappa shape index (κ3) is 6.40. The molecule has 1 atom stereocenters. The SMILES string of the molecule is CCOC(=O)C1=C(C)N=c2s/c(=C\c3cc(Br)cc(I)c3OCc3ccc(Cl)cc3Cl)c(=O)n2[C@@H]1c1ccc(C)cc1. The average Bonchev–Trinajstić information content (AvgIpc) is 3.23. The summed E-state index contributed by atoms with van der Waals surface area (Å²) in [6.07, 6.45) is 1.80. The van der Waals surface area contributed by atoms with E-state index in [1.54, 1.807) is 36.6 Å². The Labute approximate surface area is 278 Å². The molecule has 0 spiro atoms. The van der Waals surface area contributed by atoms with Gasteiger partial charge in [0.25, 0.3) is 5.56 Å². The van der Waals surface area contributed by atoms with Crippen LogP contribution < -0.4 is 19.6 Å². The summed E-state index contributed by atoms with van der Waals surface area (Å²) >= 11 is 19.5. The normalized spacial score (nSPS) is 14.9. The van der Waals surface area contributed by atoms with E-state index in [9.17, 15) is 9.59 Å². The molecule has 1 aromatic heterocycles. The Morgan fingerprint density at radius 3 is 2.57 bits per heavy atom. The van der Waals surface area contributed by atoms with E-state index in [0.717, 1.165) is 24.7 Å². The first-order chi connectivity index (χ1) is 20.1. The van der Waals surface area contributed by atoms with Crippen LogP contribution in [0.15, 0.2) is 80.1 Å². The molecule has 0 saturated heterocycles. The molecule has 42 heavy (non-hydrogen) atoms. The number of ether oxygens (including phenoxy) is 2. The van der Waals surface area contributed by atoms with Crippen molar-refractivity contribution in [2.24, 2.45) is 4.99 Å². The smallest absolute Gasteiger partial charge is 0.338 e. The summed E-state index contributed by atoms with van der Waals surface area (Å²) in [5.74, 6) is 0.117. The second kappa shape index (κ2) is 13.1. The van der Waals surface area contributed by atoms with E-state index in [0.29, 0.717) is 42.0 Å². The first kappa shape index (κ1) is 31.0. The lowest BCUT2D eigenvalue weighted by molar-refractivity contribution is -0.139. The first-order valence-electron chi connectivity index (χ1n) is 12.9. The van der Waals surface area contributed by atoms with Crippen LogP contribution >= 0.6 is 73.1 Å². The van der Waals surface area contributed by atoms with Gasteiger partial charge in [0.05, 0.1) is 32.0 Å². The lowest BCUT2D eigenvalue weighted by Gasteiger charge is -2.24. The van der Waals surface area contributed by atoms with E-state index in [-0.39, 0.29) is 18.8 Å². The van der Waals surface area contributed by atoms with Gasteiger partial charge in [-0.15, -0.1) is 0 Å². The van der Waals surface area contributed by atoms with Crippen molar-refractivity contribution in [2.45, 2.75) is 33.4 Å². The minimum atomic E-state index is -0.673. The summed E-state index contributed by atoms with van der Waals surface area (Å²) in [6.45, 7) is 5.94. The Morgan fingerprint density at radius 2 is 1.88 bits per heavy atom. The van der Waals surface area contributed by atoms with Crippen LogP contribution in [0.25, 0.3) is 6.08 Å². The van der Waals surface area contributed by atoms with Crippen LogP contribution in [-0.4, -0.2) is 17.1 Å². The molecule has 6 nitrogen and oxygen atoms in total. The first-order valence-corrected chi connectivity index (χ1v) is 16.3. The van der Waals surface area contributed by atoms with Gasteiger partial charge in [0, 0.05) is 25.6 Å². The molecule has 1 aliphatic rings. The fourth-order valence-corrected chi connectivity index (χ4v) is 7.83. The number of fused-ring (bicyclic) bond motifs is 1. The van der Waals surface area contributed by atoms with Gasteiger partial charge in [-0.05, 0) is 79.3 Å². The molecule has 11 heteroatoms. The van der Waals surface area contributed by atoms with Crippen LogP contribution in [0.1, 0.15) is 42.1 Å². The van der Waals surface area contributed by atoms with Crippen molar-refractivity contribution in [3.8, 4) is 5.75 Å². The van der Waals surface area contributed by atoms with Crippen LogP contribution in [0.3, 0.4) is 0 Å². The predicted octanol–water partition coefficient (Wildman–Crippen LogP) is 7.36. The number of esters is 1. The molecule has 0 N–H and O–H groups in total. The minimum absolute atomic E-state index is 0.214. The summed E-state index contributed by atoms with van der Waals surface area (Å²) < 4.78 is 15.4. The summed E-state index contributed by atoms with van der Waals surface area (Å²) in [5.41, 5.74) is 3.96. The molecule has 0 unspecified atom stereocenters. The van der Waals surface area contributed by atoms with Crippen molar-refractivity contribution < 1.29 is 14.3 Å². The van der Waals surface area contributed by atoms with Crippen molar-refractivity contribution in [2.75, 3.05) is 6.61 Å². The van der Waals surface area contributed by atoms with Crippen molar-refractivity contribution in [1.29, 1.82) is 0 Å². The van der Waals surface area contributed by atoms with Gasteiger partial charge in [-0.2, -0.15) is 0 Å². The Morgan fingerprint density at radius 1 is 1.14 bits per heavy atom. The van der Waals surface area contributed by atoms with Gasteiger partial charge in [0.2, 0.25) is 0 Å². The molecule has 0 amide bonds. The number of allylic oxidation sites excluding steroid dienone is 1. The molecular formula is C31H24BrCl2IN2O4S. The number of thiazole rings is 1. The summed E-state index contributed by atoms with van der Waals surface area (Å²) in [6, 6.07) is 16.2. The maximum atomic E-state index is 14.1. The molecular weight excluding hydrogens is 774 g/mol. The highest BCUT2D eigenvalue weighted by Gasteiger charge is 2.33. The number of carbonyl (C=O) groups excluding carboxylic acids is 1. The fraction of sp³-hybridized carbons (Fsp3) is 0.194. The zero-order chi connectivity index (χ0) is 30.1. The molecule has 0 fully saturated rings. The molecule has 4 aromatic rings. The maximum Gasteiger partial charge on any atom is 0.338 e. The van der Waals surface area contributed by atoms with Crippen LogP contribution in [0.4, 0.5) is 0 Å². The Hall–Kier alpha value is -2.44. The summed E-state index contributed by atoms with van der Waals surface area (Å²) in [5, 5.41) is 1.05. The summed E-state index contributed by atoms with van der Waals surface area (Å²) in [7, 11) is 0. The molecule has 0 radical (unpaired) electrons. The van der Waals surface area contributed by atoms with Crippen LogP contribution in [0.5, 0.6) is 5.75 Å². The molecule has 5 rings (SSSR count). The lowest BCUT2D eigenvalue weighted by Crippen LogP contribution is -2.39. The molecule has 2 heterocycles. The van der Waals surface area contributed by atoms with Crippen LogP contribution in [-0.2, 0) is 16.1 Å². The van der Waals surface area contributed by atoms with Gasteiger partial charge < -0.3 is 9.47 Å². The zero-order valence-electron chi connectivity index (χ0n) is 22.7. The van der Waals surface area contributed by atoms with Gasteiger partial charge >= 0.3 is 5.97 Å². The second-order valence-corrected chi connectivity index (χ2v) is 13.5. The lowest BCUT2D eigenvalue weighted by atomic mass is 9.95. The number of aromatic nitrogens is 1. The monoisotopic (exact) mass is 796 g/mol. The van der Waals surface area contributed by atoms with E-state index in [4.69, 9.17) is 32.7 Å². The van der Waals surface area contributed by atoms with Crippen molar-refractivity contribution in [1.82, 2.24) is 4.57 Å². The van der Waals surface area contributed by atoms with E-state index in [2.05, 4.69) is 43.5 Å². The fourth-order valence-electron chi connectivity index (χ4n) is 4.63. The van der Waals surface area contributed by atoms with Crippen molar-refractivity contribution in [3.05, 3.63) is 126 Å². The van der Waals surface area contributed by atoms with Crippen LogP contribution in [0.2, 0.25) is 10.0 Å². The number of halogens is 4. The van der Waals surface area contributed by atoms with Gasteiger partial charge in [0.15, 0.2) is 4.80 Å². The highest BCUT2D eigenvalue weighted by Crippen LogP contribution is 2.33. The number of hydrogen-bond acceptors (Lipinski definition) is 6. The van der Waals surface area contributed by atoms with Crippen molar-refractivity contribution >= 4 is 85.1 Å². The number of carbonyl (C=O) groups is 1. The minimum Gasteiger partial charge on any atom is -0.487 e. The van der Waals surface area contributed by atoms with E-state index < -0.39 is 12.0 Å². The van der Waals surface area contributed by atoms with E-state index >= 15 is 0 Å². The van der Waals surface area contributed by atoms with Gasteiger partial charge in [-0.3, -0.25) is 9.36 Å². The maximum absolute atomic E-state index is 14.1. The highest BCUT2D eigenvalue weighted by molar-refractivity contribution is 14.1. The second-order valence-electron chi connectivity index (χ2n) is 9.54. The third-order valence-corrected chi connectivity index (χ3v) is 9.45. The number of hydrogen-bond donors (Lipinski definition) is 0. The van der Waals surface area contributed by atoms with E-state index in [1.807, 2.05) is 49.4 Å². The molecule has 0 saturated carbocycles. The number of aryl methyl sites for hydroxylation is 1. The van der Waals surface area contributed by atoms with Gasteiger partial charge in [-0.25, -0.2) is 9.79 Å². The molecule has 0 bridgehead atoms. The molecule has 0 aliphatic carbocycles. The quantitative estimate of drug-likeness (QED) is 0.145. The topological polar surface area (TPSA) is 69.9 Å². The summed E-state index contributed by atoms with van der Waals surface area (Å²) in [4.78, 5) is 32.4. The Balaban J connectivity index is 1.64. The standard InChI is InChI=1S/C31H24BrCl2IN2O4S/c1-4-40-30(39)26-17(3)36-31-37(27(26)18-7-5-16(2)6-8-18)29(38)25(42-31)12-20-11-21(32)13-24(35)28(20)41-15-19-9-10-22(33)14-23(19)34/h5-14,27H,4,15H2,1-3H3/b25-12-/t27-/m1/s1. The third-order valence-electron chi connectivity index (χ3n) is 6.62. The van der Waals surface area contributed by atoms with E-state index in [1.165, 1.54) is 11.3 Å². The highest BCUT2D eigenvalue weighted by atomic mass is 127. The Kier molecular flexibility index (Phi) is 9.63. The number of benzene rings is 3. The number of nitrogens with zero attached hydrogens (tertiary/aromatic N) is 2. The zero-order valence-corrected chi connectivity index (χ0v) is 28.8. The Bertz CT molecular complexity index is 1920. The van der Waals surface area contributed by atoms with Crippen LogP contribution in [0, 0.1) is 10.5 Å². The molecule has 3 aromatic carbocycles. The average molecular weight is 798 g/mol. The van der Waals surface area contributed by atoms with Gasteiger partial charge in [-0.1, -0.05) is 86.4 Å². The number of rotatable bonds is 7. The molecule has 216 valence electrons. The van der Waals surface area contributed by atoms with Crippen molar-refractivity contribution in [3.63, 3.8) is 0 Å². The molecule has 1 aliphatic heterocycles. The van der Waals surface area contributed by atoms with Gasteiger partial charge in [0.1, 0.15) is 12.4 Å².